The first kappa shape index (κ1) is 18.3. The highest BCUT2D eigenvalue weighted by molar-refractivity contribution is 6.17. The number of benzene rings is 2. The number of aromatic nitrogens is 1. The molecule has 27 heavy (non-hydrogen) atoms. The Labute approximate surface area is 155 Å². The average Bonchev–Trinajstić information content (AvgIpc) is 2.93. The smallest absolute Gasteiger partial charge is 0.303 e. The lowest BCUT2D eigenvalue weighted by Gasteiger charge is -2.08. The van der Waals surface area contributed by atoms with E-state index < -0.39 is 10.9 Å². The van der Waals surface area contributed by atoms with Gasteiger partial charge in [0.05, 0.1) is 10.5 Å². The highest BCUT2D eigenvalue weighted by Gasteiger charge is 2.22. The van der Waals surface area contributed by atoms with Crippen LogP contribution in [0, 0.1) is 17.0 Å². The number of aryl methyl sites for hydroxylation is 1. The lowest BCUT2D eigenvalue weighted by molar-refractivity contribution is -0.384. The zero-order valence-corrected chi connectivity index (χ0v) is 14.7. The van der Waals surface area contributed by atoms with Gasteiger partial charge in [0.15, 0.2) is 5.78 Å². The second-order valence-electron chi connectivity index (χ2n) is 6.26. The molecule has 0 saturated carbocycles. The Kier molecular flexibility index (Phi) is 5.03. The molecule has 2 aromatic carbocycles. The Morgan fingerprint density at radius 2 is 1.89 bits per heavy atom. The maximum absolute atomic E-state index is 13.1. The molecule has 0 atom stereocenters. The van der Waals surface area contributed by atoms with Crippen molar-refractivity contribution in [1.29, 1.82) is 0 Å². The number of hydrogen-bond acceptors (Lipinski definition) is 4. The van der Waals surface area contributed by atoms with Crippen molar-refractivity contribution >= 4 is 28.3 Å². The van der Waals surface area contributed by atoms with Crippen molar-refractivity contribution in [2.75, 3.05) is 0 Å². The maximum atomic E-state index is 13.1. The molecule has 0 aliphatic heterocycles. The number of ketones is 1. The minimum Gasteiger partial charge on any atom is -0.481 e. The highest BCUT2D eigenvalue weighted by atomic mass is 16.6. The molecule has 3 rings (SSSR count). The molecular formula is C20H18N2O5. The summed E-state index contributed by atoms with van der Waals surface area (Å²) in [6, 6.07) is 13.1. The monoisotopic (exact) mass is 366 g/mol. The molecule has 138 valence electrons. The predicted octanol–water partition coefficient (Wildman–Crippen LogP) is 3.95. The zero-order chi connectivity index (χ0) is 19.6. The van der Waals surface area contributed by atoms with E-state index in [1.54, 1.807) is 6.07 Å². The van der Waals surface area contributed by atoms with E-state index in [1.165, 1.54) is 18.2 Å². The lowest BCUT2D eigenvalue weighted by Crippen LogP contribution is -2.07. The largest absolute Gasteiger partial charge is 0.481 e. The Balaban J connectivity index is 2.07. The molecule has 3 aromatic rings. The third-order valence-corrected chi connectivity index (χ3v) is 4.55. The number of hydrogen-bond donors (Lipinski definition) is 1. The first-order valence-electron chi connectivity index (χ1n) is 8.49. The Hall–Kier alpha value is -3.48. The number of carboxylic acid groups (broad SMARTS) is 1. The van der Waals surface area contributed by atoms with Gasteiger partial charge in [-0.3, -0.25) is 19.7 Å². The van der Waals surface area contributed by atoms with Gasteiger partial charge in [-0.2, -0.15) is 0 Å². The second-order valence-corrected chi connectivity index (χ2v) is 6.26. The van der Waals surface area contributed by atoms with Crippen LogP contribution in [0.2, 0.25) is 0 Å². The number of carbonyl (C=O) groups is 2. The molecule has 1 aromatic heterocycles. The number of aliphatic carboxylic acids is 1. The van der Waals surface area contributed by atoms with Crippen LogP contribution in [0.5, 0.6) is 0 Å². The van der Waals surface area contributed by atoms with Crippen molar-refractivity contribution in [3.8, 4) is 0 Å². The number of para-hydroxylation sites is 1. The van der Waals surface area contributed by atoms with Gasteiger partial charge in [-0.25, -0.2) is 0 Å². The number of fused-ring (bicyclic) bond motifs is 1. The van der Waals surface area contributed by atoms with Crippen LogP contribution in [0.4, 0.5) is 5.69 Å². The Morgan fingerprint density at radius 1 is 1.15 bits per heavy atom. The summed E-state index contributed by atoms with van der Waals surface area (Å²) in [5.74, 6) is -1.15. The van der Waals surface area contributed by atoms with Gasteiger partial charge < -0.3 is 9.67 Å². The summed E-state index contributed by atoms with van der Waals surface area (Å²) in [6.45, 7) is 2.28. The molecule has 0 fully saturated rings. The molecule has 0 saturated heterocycles. The topological polar surface area (TPSA) is 102 Å². The average molecular weight is 366 g/mol. The number of nitro benzene ring substituents is 1. The van der Waals surface area contributed by atoms with Crippen LogP contribution < -0.4 is 0 Å². The molecule has 0 unspecified atom stereocenters. The number of carboxylic acids is 1. The standard InChI is InChI=1S/C20H18N2O5/c1-13-19(20(25)14-6-4-7-15(12-14)22(26)27)16-8-2-3-9-17(16)21(13)11-5-10-18(23)24/h2-4,6-9,12H,5,10-11H2,1H3,(H,23,24). The van der Waals surface area contributed by atoms with E-state index >= 15 is 0 Å². The van der Waals surface area contributed by atoms with E-state index in [-0.39, 0.29) is 23.5 Å². The van der Waals surface area contributed by atoms with E-state index in [0.717, 1.165) is 16.6 Å². The Bertz CT molecular complexity index is 1050. The quantitative estimate of drug-likeness (QED) is 0.387. The fourth-order valence-electron chi connectivity index (χ4n) is 3.30. The summed E-state index contributed by atoms with van der Waals surface area (Å²) in [4.78, 5) is 34.4. The van der Waals surface area contributed by atoms with Gasteiger partial charge in [0, 0.05) is 47.3 Å². The van der Waals surface area contributed by atoms with Crippen molar-refractivity contribution in [2.45, 2.75) is 26.3 Å². The first-order chi connectivity index (χ1) is 12.9. The van der Waals surface area contributed by atoms with E-state index in [4.69, 9.17) is 5.11 Å². The minimum atomic E-state index is -0.864. The van der Waals surface area contributed by atoms with Gasteiger partial charge in [0.2, 0.25) is 0 Å². The summed E-state index contributed by atoms with van der Waals surface area (Å²) in [6.07, 6.45) is 0.486. The van der Waals surface area contributed by atoms with Crippen LogP contribution in [-0.2, 0) is 11.3 Å². The summed E-state index contributed by atoms with van der Waals surface area (Å²) in [5, 5.41) is 20.6. The minimum absolute atomic E-state index is 0.0418. The summed E-state index contributed by atoms with van der Waals surface area (Å²) in [7, 11) is 0. The van der Waals surface area contributed by atoms with Gasteiger partial charge in [0.25, 0.3) is 5.69 Å². The third-order valence-electron chi connectivity index (χ3n) is 4.55. The summed E-state index contributed by atoms with van der Waals surface area (Å²) >= 11 is 0. The van der Waals surface area contributed by atoms with Gasteiger partial charge in [-0.05, 0) is 19.4 Å². The van der Waals surface area contributed by atoms with Crippen molar-refractivity contribution in [3.05, 3.63) is 75.5 Å². The molecular weight excluding hydrogens is 348 g/mol. The van der Waals surface area contributed by atoms with E-state index in [1.807, 2.05) is 35.8 Å². The molecule has 7 heteroatoms. The van der Waals surface area contributed by atoms with Crippen LogP contribution in [0.15, 0.2) is 48.5 Å². The van der Waals surface area contributed by atoms with Crippen molar-refractivity contribution < 1.29 is 19.6 Å². The lowest BCUT2D eigenvalue weighted by atomic mass is 10.00. The fraction of sp³-hybridized carbons (Fsp3) is 0.200. The molecule has 0 aliphatic carbocycles. The maximum Gasteiger partial charge on any atom is 0.303 e. The van der Waals surface area contributed by atoms with Crippen molar-refractivity contribution in [3.63, 3.8) is 0 Å². The number of non-ortho nitro benzene ring substituents is 1. The van der Waals surface area contributed by atoms with Gasteiger partial charge in [0.1, 0.15) is 0 Å². The summed E-state index contributed by atoms with van der Waals surface area (Å²) in [5.41, 5.74) is 2.16. The molecule has 0 aliphatic rings. The van der Waals surface area contributed by atoms with E-state index in [9.17, 15) is 19.7 Å². The Morgan fingerprint density at radius 3 is 2.59 bits per heavy atom. The van der Waals surface area contributed by atoms with Crippen LogP contribution in [0.25, 0.3) is 10.9 Å². The van der Waals surface area contributed by atoms with E-state index in [0.29, 0.717) is 18.5 Å². The molecule has 1 heterocycles. The van der Waals surface area contributed by atoms with Crippen molar-refractivity contribution in [1.82, 2.24) is 4.57 Å². The number of nitro groups is 1. The predicted molar refractivity (Wildman–Crippen MR) is 100 cm³/mol. The first-order valence-corrected chi connectivity index (χ1v) is 8.49. The molecule has 0 bridgehead atoms. The van der Waals surface area contributed by atoms with Crippen LogP contribution in [0.1, 0.15) is 34.5 Å². The molecule has 0 amide bonds. The molecule has 1 N–H and O–H groups in total. The van der Waals surface area contributed by atoms with Crippen LogP contribution in [0.3, 0.4) is 0 Å². The molecule has 7 nitrogen and oxygen atoms in total. The van der Waals surface area contributed by atoms with Crippen LogP contribution in [-0.4, -0.2) is 26.3 Å². The van der Waals surface area contributed by atoms with Gasteiger partial charge in [-0.15, -0.1) is 0 Å². The zero-order valence-electron chi connectivity index (χ0n) is 14.7. The second kappa shape index (κ2) is 7.41. The van der Waals surface area contributed by atoms with Crippen molar-refractivity contribution in [2.24, 2.45) is 0 Å². The van der Waals surface area contributed by atoms with Gasteiger partial charge >= 0.3 is 5.97 Å². The highest BCUT2D eigenvalue weighted by Crippen LogP contribution is 2.29. The summed E-state index contributed by atoms with van der Waals surface area (Å²) < 4.78 is 1.93. The number of rotatable bonds is 7. The van der Waals surface area contributed by atoms with Gasteiger partial charge in [-0.1, -0.05) is 30.3 Å². The SMILES string of the molecule is Cc1c(C(=O)c2cccc([N+](=O)[O-])c2)c2ccccc2n1CCCC(=O)O. The molecule has 0 radical (unpaired) electrons. The van der Waals surface area contributed by atoms with Crippen LogP contribution >= 0.6 is 0 Å². The normalized spacial score (nSPS) is 10.9. The fourth-order valence-corrected chi connectivity index (χ4v) is 3.30. The third kappa shape index (κ3) is 3.57. The number of carbonyl (C=O) groups excluding carboxylic acids is 1. The molecule has 0 spiro atoms. The van der Waals surface area contributed by atoms with E-state index in [2.05, 4.69) is 0 Å². The number of nitrogens with zero attached hydrogens (tertiary/aromatic N) is 2.